The fourth-order valence-corrected chi connectivity index (χ4v) is 1.19. The SMILES string of the molecule is CCCOc1ccc(C(=O)CCl)cc1. The number of benzene rings is 1. The first-order valence-corrected chi connectivity index (χ1v) is 5.13. The summed E-state index contributed by atoms with van der Waals surface area (Å²) in [6.07, 6.45) is 0.975. The van der Waals surface area contributed by atoms with E-state index in [1.165, 1.54) is 0 Å². The molecule has 0 unspecified atom stereocenters. The van der Waals surface area contributed by atoms with E-state index < -0.39 is 0 Å². The lowest BCUT2D eigenvalue weighted by atomic mass is 10.1. The molecule has 0 amide bonds. The Morgan fingerprint density at radius 3 is 2.50 bits per heavy atom. The van der Waals surface area contributed by atoms with E-state index in [2.05, 4.69) is 0 Å². The molecule has 0 saturated carbocycles. The summed E-state index contributed by atoms with van der Waals surface area (Å²) in [7, 11) is 0. The quantitative estimate of drug-likeness (QED) is 0.554. The molecule has 0 bridgehead atoms. The Morgan fingerprint density at radius 2 is 2.00 bits per heavy atom. The second kappa shape index (κ2) is 5.66. The van der Waals surface area contributed by atoms with E-state index in [-0.39, 0.29) is 11.7 Å². The van der Waals surface area contributed by atoms with E-state index in [9.17, 15) is 4.79 Å². The third-order valence-corrected chi connectivity index (χ3v) is 2.01. The number of hydrogen-bond donors (Lipinski definition) is 0. The molecule has 0 aliphatic heterocycles. The molecule has 76 valence electrons. The zero-order valence-corrected chi connectivity index (χ0v) is 8.88. The highest BCUT2D eigenvalue weighted by Gasteiger charge is 2.03. The lowest BCUT2D eigenvalue weighted by Crippen LogP contribution is -2.00. The average Bonchev–Trinajstić information content (AvgIpc) is 2.26. The number of ketones is 1. The Bertz CT molecular complexity index is 293. The summed E-state index contributed by atoms with van der Waals surface area (Å²) < 4.78 is 5.38. The highest BCUT2D eigenvalue weighted by molar-refractivity contribution is 6.30. The number of Topliss-reactive ketones (excluding diaryl/α,β-unsaturated/α-hetero) is 1. The van der Waals surface area contributed by atoms with Crippen molar-refractivity contribution in [3.8, 4) is 5.75 Å². The predicted molar refractivity (Wildman–Crippen MR) is 57.3 cm³/mol. The van der Waals surface area contributed by atoms with Gasteiger partial charge in [-0.15, -0.1) is 11.6 Å². The molecule has 1 rings (SSSR count). The Morgan fingerprint density at radius 1 is 1.36 bits per heavy atom. The number of carbonyl (C=O) groups excluding carboxylic acids is 1. The smallest absolute Gasteiger partial charge is 0.177 e. The zero-order valence-electron chi connectivity index (χ0n) is 8.13. The number of rotatable bonds is 5. The minimum absolute atomic E-state index is 0.0230. The first-order chi connectivity index (χ1) is 6.77. The van der Waals surface area contributed by atoms with Crippen LogP contribution in [0.15, 0.2) is 24.3 Å². The average molecular weight is 213 g/mol. The molecule has 0 aliphatic carbocycles. The van der Waals surface area contributed by atoms with Crippen molar-refractivity contribution in [2.45, 2.75) is 13.3 Å². The molecule has 0 fully saturated rings. The van der Waals surface area contributed by atoms with Crippen LogP contribution in [-0.4, -0.2) is 18.3 Å². The number of halogens is 1. The van der Waals surface area contributed by atoms with E-state index >= 15 is 0 Å². The van der Waals surface area contributed by atoms with E-state index in [1.54, 1.807) is 24.3 Å². The molecule has 0 heterocycles. The van der Waals surface area contributed by atoms with E-state index in [1.807, 2.05) is 6.92 Å². The Labute approximate surface area is 88.8 Å². The standard InChI is InChI=1S/C11H13ClO2/c1-2-7-14-10-5-3-9(4-6-10)11(13)8-12/h3-6H,2,7-8H2,1H3. The van der Waals surface area contributed by atoms with E-state index in [4.69, 9.17) is 16.3 Å². The third kappa shape index (κ3) is 3.04. The summed E-state index contributed by atoms with van der Waals surface area (Å²) in [5.74, 6) is 0.751. The summed E-state index contributed by atoms with van der Waals surface area (Å²) in [6.45, 7) is 2.74. The van der Waals surface area contributed by atoms with Gasteiger partial charge in [0.2, 0.25) is 0 Å². The number of alkyl halides is 1. The van der Waals surface area contributed by atoms with Crippen molar-refractivity contribution in [1.82, 2.24) is 0 Å². The van der Waals surface area contributed by atoms with Crippen LogP contribution in [0.5, 0.6) is 5.75 Å². The summed E-state index contributed by atoms with van der Waals surface area (Å²) in [5.41, 5.74) is 0.629. The van der Waals surface area contributed by atoms with Gasteiger partial charge in [0.15, 0.2) is 5.78 Å². The van der Waals surface area contributed by atoms with Crippen molar-refractivity contribution >= 4 is 17.4 Å². The second-order valence-corrected chi connectivity index (χ2v) is 3.20. The molecule has 1 aromatic rings. The number of ether oxygens (including phenoxy) is 1. The molecule has 0 spiro atoms. The number of carbonyl (C=O) groups is 1. The van der Waals surface area contributed by atoms with Gasteiger partial charge in [-0.1, -0.05) is 6.92 Å². The Balaban J connectivity index is 2.63. The van der Waals surface area contributed by atoms with Crippen LogP contribution in [0, 0.1) is 0 Å². The molecule has 0 N–H and O–H groups in total. The van der Waals surface area contributed by atoms with Gasteiger partial charge in [0.1, 0.15) is 5.75 Å². The first kappa shape index (κ1) is 11.1. The monoisotopic (exact) mass is 212 g/mol. The molecule has 0 aliphatic rings. The van der Waals surface area contributed by atoms with Gasteiger partial charge in [-0.2, -0.15) is 0 Å². The van der Waals surface area contributed by atoms with Crippen LogP contribution < -0.4 is 4.74 Å². The van der Waals surface area contributed by atoms with Crippen LogP contribution in [0.1, 0.15) is 23.7 Å². The van der Waals surface area contributed by atoms with Crippen LogP contribution in [0.3, 0.4) is 0 Å². The molecule has 0 aromatic heterocycles. The van der Waals surface area contributed by atoms with Gasteiger partial charge < -0.3 is 4.74 Å². The van der Waals surface area contributed by atoms with Crippen LogP contribution in [0.4, 0.5) is 0 Å². The van der Waals surface area contributed by atoms with Gasteiger partial charge in [0.05, 0.1) is 12.5 Å². The lowest BCUT2D eigenvalue weighted by Gasteiger charge is -2.04. The minimum Gasteiger partial charge on any atom is -0.494 e. The summed E-state index contributed by atoms with van der Waals surface area (Å²) in [6, 6.07) is 7.04. The minimum atomic E-state index is -0.0614. The molecule has 1 aromatic carbocycles. The van der Waals surface area contributed by atoms with E-state index in [0.717, 1.165) is 12.2 Å². The number of hydrogen-bond acceptors (Lipinski definition) is 2. The van der Waals surface area contributed by atoms with E-state index in [0.29, 0.717) is 12.2 Å². The molecule has 0 atom stereocenters. The van der Waals surface area contributed by atoms with Crippen molar-refractivity contribution in [3.63, 3.8) is 0 Å². The van der Waals surface area contributed by atoms with Crippen molar-refractivity contribution in [2.75, 3.05) is 12.5 Å². The molecular formula is C11H13ClO2. The van der Waals surface area contributed by atoms with Crippen molar-refractivity contribution in [3.05, 3.63) is 29.8 Å². The molecule has 3 heteroatoms. The van der Waals surface area contributed by atoms with Crippen LogP contribution in [0.25, 0.3) is 0 Å². The van der Waals surface area contributed by atoms with Gasteiger partial charge >= 0.3 is 0 Å². The highest BCUT2D eigenvalue weighted by Crippen LogP contribution is 2.13. The van der Waals surface area contributed by atoms with Crippen molar-refractivity contribution in [2.24, 2.45) is 0 Å². The van der Waals surface area contributed by atoms with Gasteiger partial charge in [0, 0.05) is 5.56 Å². The molecule has 2 nitrogen and oxygen atoms in total. The van der Waals surface area contributed by atoms with Crippen molar-refractivity contribution in [1.29, 1.82) is 0 Å². The van der Waals surface area contributed by atoms with Gasteiger partial charge in [-0.25, -0.2) is 0 Å². The Kier molecular flexibility index (Phi) is 4.47. The van der Waals surface area contributed by atoms with Crippen LogP contribution in [-0.2, 0) is 0 Å². The van der Waals surface area contributed by atoms with Crippen molar-refractivity contribution < 1.29 is 9.53 Å². The van der Waals surface area contributed by atoms with Gasteiger partial charge in [0.25, 0.3) is 0 Å². The Hall–Kier alpha value is -1.02. The normalized spacial score (nSPS) is 9.86. The lowest BCUT2D eigenvalue weighted by molar-refractivity contribution is 0.102. The highest BCUT2D eigenvalue weighted by atomic mass is 35.5. The largest absolute Gasteiger partial charge is 0.494 e. The summed E-state index contributed by atoms with van der Waals surface area (Å²) in [5, 5.41) is 0. The fraction of sp³-hybridized carbons (Fsp3) is 0.364. The summed E-state index contributed by atoms with van der Waals surface area (Å²) in [4.78, 5) is 11.2. The van der Waals surface area contributed by atoms with Gasteiger partial charge in [-0.05, 0) is 30.7 Å². The topological polar surface area (TPSA) is 26.3 Å². The maximum Gasteiger partial charge on any atom is 0.177 e. The zero-order chi connectivity index (χ0) is 10.4. The molecular weight excluding hydrogens is 200 g/mol. The maximum absolute atomic E-state index is 11.2. The van der Waals surface area contributed by atoms with Crippen LogP contribution in [0.2, 0.25) is 0 Å². The molecule has 14 heavy (non-hydrogen) atoms. The molecule has 0 saturated heterocycles. The second-order valence-electron chi connectivity index (χ2n) is 2.93. The van der Waals surface area contributed by atoms with Gasteiger partial charge in [-0.3, -0.25) is 4.79 Å². The predicted octanol–water partition coefficient (Wildman–Crippen LogP) is 2.90. The third-order valence-electron chi connectivity index (χ3n) is 1.77. The fourth-order valence-electron chi connectivity index (χ4n) is 1.03. The van der Waals surface area contributed by atoms with Crippen LogP contribution >= 0.6 is 11.6 Å². The summed E-state index contributed by atoms with van der Waals surface area (Å²) >= 11 is 5.43. The first-order valence-electron chi connectivity index (χ1n) is 4.60. The molecule has 0 radical (unpaired) electrons. The maximum atomic E-state index is 11.2.